The molecule has 0 aromatic heterocycles. The van der Waals surface area contributed by atoms with Gasteiger partial charge in [0.15, 0.2) is 0 Å². The first kappa shape index (κ1) is 11.2. The summed E-state index contributed by atoms with van der Waals surface area (Å²) in [5.74, 6) is 0.574. The average Bonchev–Trinajstić information content (AvgIpc) is 2.15. The van der Waals surface area contributed by atoms with Crippen molar-refractivity contribution in [3.05, 3.63) is 29.3 Å². The first-order valence-corrected chi connectivity index (χ1v) is 5.61. The van der Waals surface area contributed by atoms with E-state index in [1.165, 1.54) is 5.56 Å². The van der Waals surface area contributed by atoms with Gasteiger partial charge in [0, 0.05) is 11.0 Å². The van der Waals surface area contributed by atoms with Crippen LogP contribution < -0.4 is 4.74 Å². The van der Waals surface area contributed by atoms with E-state index in [4.69, 9.17) is 4.74 Å². The number of carbonyl (C=O) groups excluding carboxylic acids is 1. The van der Waals surface area contributed by atoms with E-state index in [1.807, 2.05) is 26.0 Å². The van der Waals surface area contributed by atoms with E-state index in [9.17, 15) is 4.79 Å². The highest BCUT2D eigenvalue weighted by Crippen LogP contribution is 2.50. The second-order valence-corrected chi connectivity index (χ2v) is 5.59. The minimum absolute atomic E-state index is 0.143. The van der Waals surface area contributed by atoms with E-state index in [0.717, 1.165) is 5.56 Å². The number of rotatable bonds is 0. The maximum atomic E-state index is 12.0. The molecule has 0 aliphatic carbocycles. The van der Waals surface area contributed by atoms with Gasteiger partial charge in [0.05, 0.1) is 5.41 Å². The Balaban J connectivity index is 2.74. The third-order valence-electron chi connectivity index (χ3n) is 4.14. The number of aryl methyl sites for hydroxylation is 1. The molecular weight excluding hydrogens is 200 g/mol. The largest absolute Gasteiger partial charge is 0.426 e. The monoisotopic (exact) mass is 218 g/mol. The fraction of sp³-hybridized carbons (Fsp3) is 0.500. The Morgan fingerprint density at radius 2 is 1.69 bits per heavy atom. The Morgan fingerprint density at radius 3 is 2.31 bits per heavy atom. The van der Waals surface area contributed by atoms with Crippen LogP contribution in [-0.2, 0) is 10.2 Å². The van der Waals surface area contributed by atoms with Crippen LogP contribution in [0.15, 0.2) is 18.2 Å². The summed E-state index contributed by atoms with van der Waals surface area (Å²) in [5.41, 5.74) is 1.64. The number of esters is 1. The molecule has 0 saturated heterocycles. The van der Waals surface area contributed by atoms with Crippen molar-refractivity contribution in [1.82, 2.24) is 0 Å². The van der Waals surface area contributed by atoms with Gasteiger partial charge in [-0.2, -0.15) is 0 Å². The molecule has 0 N–H and O–H groups in total. The lowest BCUT2D eigenvalue weighted by molar-refractivity contribution is -0.150. The van der Waals surface area contributed by atoms with Crippen LogP contribution in [-0.4, -0.2) is 5.97 Å². The number of benzene rings is 1. The molecule has 2 heteroatoms. The summed E-state index contributed by atoms with van der Waals surface area (Å²) >= 11 is 0. The zero-order chi connectivity index (χ0) is 12.1. The third kappa shape index (κ3) is 1.22. The highest BCUT2D eigenvalue weighted by atomic mass is 16.5. The van der Waals surface area contributed by atoms with Crippen LogP contribution in [0.5, 0.6) is 5.75 Å². The van der Waals surface area contributed by atoms with Crippen LogP contribution in [0.4, 0.5) is 0 Å². The summed E-state index contributed by atoms with van der Waals surface area (Å²) in [7, 11) is 0. The van der Waals surface area contributed by atoms with Crippen LogP contribution >= 0.6 is 0 Å². The summed E-state index contributed by atoms with van der Waals surface area (Å²) in [4.78, 5) is 12.0. The van der Waals surface area contributed by atoms with Gasteiger partial charge in [0.1, 0.15) is 5.75 Å². The zero-order valence-corrected chi connectivity index (χ0v) is 10.5. The number of fused-ring (bicyclic) bond motifs is 1. The molecule has 0 atom stereocenters. The van der Waals surface area contributed by atoms with Gasteiger partial charge < -0.3 is 4.74 Å². The zero-order valence-electron chi connectivity index (χ0n) is 10.5. The lowest BCUT2D eigenvalue weighted by atomic mass is 9.62. The molecule has 0 unspecified atom stereocenters. The molecule has 1 heterocycles. The van der Waals surface area contributed by atoms with E-state index in [2.05, 4.69) is 26.8 Å². The number of carbonyl (C=O) groups is 1. The third-order valence-corrected chi connectivity index (χ3v) is 4.14. The van der Waals surface area contributed by atoms with Crippen LogP contribution in [0.25, 0.3) is 0 Å². The van der Waals surface area contributed by atoms with E-state index in [0.29, 0.717) is 5.75 Å². The smallest absolute Gasteiger partial charge is 0.317 e. The van der Waals surface area contributed by atoms with Gasteiger partial charge in [0.25, 0.3) is 0 Å². The van der Waals surface area contributed by atoms with Gasteiger partial charge in [-0.3, -0.25) is 4.79 Å². The van der Waals surface area contributed by atoms with Gasteiger partial charge >= 0.3 is 5.97 Å². The topological polar surface area (TPSA) is 26.3 Å². The Hall–Kier alpha value is -1.31. The standard InChI is InChI=1S/C14H18O2/c1-9-7-6-8-10-11(9)13(2,3)14(4,5)12(15)16-10/h6-8H,1-5H3. The highest BCUT2D eigenvalue weighted by Gasteiger charge is 2.51. The van der Waals surface area contributed by atoms with Crippen molar-refractivity contribution in [2.24, 2.45) is 5.41 Å². The molecule has 16 heavy (non-hydrogen) atoms. The summed E-state index contributed by atoms with van der Waals surface area (Å²) in [5, 5.41) is 0. The molecule has 0 amide bonds. The van der Waals surface area contributed by atoms with Gasteiger partial charge in [-0.1, -0.05) is 26.0 Å². The van der Waals surface area contributed by atoms with Crippen LogP contribution in [0, 0.1) is 12.3 Å². The van der Waals surface area contributed by atoms with Crippen molar-refractivity contribution in [1.29, 1.82) is 0 Å². The molecule has 0 spiro atoms. The van der Waals surface area contributed by atoms with E-state index < -0.39 is 5.41 Å². The Kier molecular flexibility index (Phi) is 2.16. The number of ether oxygens (including phenoxy) is 1. The SMILES string of the molecule is Cc1cccc2c1C(C)(C)C(C)(C)C(=O)O2. The Bertz CT molecular complexity index is 456. The molecule has 0 radical (unpaired) electrons. The van der Waals surface area contributed by atoms with Gasteiger partial charge in [-0.15, -0.1) is 0 Å². The quantitative estimate of drug-likeness (QED) is 0.493. The first-order valence-electron chi connectivity index (χ1n) is 5.61. The summed E-state index contributed by atoms with van der Waals surface area (Å²) in [6.07, 6.45) is 0. The van der Waals surface area contributed by atoms with E-state index >= 15 is 0 Å². The van der Waals surface area contributed by atoms with Crippen molar-refractivity contribution < 1.29 is 9.53 Å². The van der Waals surface area contributed by atoms with Crippen LogP contribution in [0.3, 0.4) is 0 Å². The van der Waals surface area contributed by atoms with Crippen molar-refractivity contribution in [2.75, 3.05) is 0 Å². The number of hydrogen-bond acceptors (Lipinski definition) is 2. The maximum absolute atomic E-state index is 12.0. The Labute approximate surface area is 96.6 Å². The van der Waals surface area contributed by atoms with Gasteiger partial charge in [-0.05, 0) is 32.4 Å². The lowest BCUT2D eigenvalue weighted by Gasteiger charge is -2.45. The van der Waals surface area contributed by atoms with Gasteiger partial charge in [0.2, 0.25) is 0 Å². The van der Waals surface area contributed by atoms with Crippen molar-refractivity contribution >= 4 is 5.97 Å². The first-order chi connectivity index (χ1) is 7.28. The fourth-order valence-electron chi connectivity index (χ4n) is 2.32. The fourth-order valence-corrected chi connectivity index (χ4v) is 2.32. The molecule has 0 fully saturated rings. The molecule has 1 aromatic carbocycles. The highest BCUT2D eigenvalue weighted by molar-refractivity contribution is 5.83. The molecule has 0 saturated carbocycles. The lowest BCUT2D eigenvalue weighted by Crippen LogP contribution is -2.49. The van der Waals surface area contributed by atoms with Crippen molar-refractivity contribution in [2.45, 2.75) is 40.0 Å². The minimum atomic E-state index is -0.494. The molecule has 86 valence electrons. The Morgan fingerprint density at radius 1 is 1.06 bits per heavy atom. The van der Waals surface area contributed by atoms with Gasteiger partial charge in [-0.25, -0.2) is 0 Å². The van der Waals surface area contributed by atoms with Crippen molar-refractivity contribution in [3.8, 4) is 5.75 Å². The second-order valence-electron chi connectivity index (χ2n) is 5.59. The molecule has 2 rings (SSSR count). The van der Waals surface area contributed by atoms with E-state index in [-0.39, 0.29) is 11.4 Å². The normalized spacial score (nSPS) is 21.2. The molecule has 1 aliphatic heterocycles. The molecule has 1 aromatic rings. The molecule has 1 aliphatic rings. The summed E-state index contributed by atoms with van der Waals surface area (Å²) in [6.45, 7) is 10.2. The predicted octanol–water partition coefficient (Wildman–Crippen LogP) is 3.22. The number of hydrogen-bond donors (Lipinski definition) is 0. The molecule has 0 bridgehead atoms. The predicted molar refractivity (Wildman–Crippen MR) is 63.6 cm³/mol. The molecular formula is C14H18O2. The summed E-state index contributed by atoms with van der Waals surface area (Å²) < 4.78 is 5.42. The average molecular weight is 218 g/mol. The maximum Gasteiger partial charge on any atom is 0.317 e. The summed E-state index contributed by atoms with van der Waals surface area (Å²) in [6, 6.07) is 5.86. The van der Waals surface area contributed by atoms with Crippen molar-refractivity contribution in [3.63, 3.8) is 0 Å². The van der Waals surface area contributed by atoms with Crippen LogP contribution in [0.1, 0.15) is 38.8 Å². The second kappa shape index (κ2) is 3.09. The molecule has 2 nitrogen and oxygen atoms in total. The van der Waals surface area contributed by atoms with Crippen LogP contribution in [0.2, 0.25) is 0 Å². The minimum Gasteiger partial charge on any atom is -0.426 e. The van der Waals surface area contributed by atoms with E-state index in [1.54, 1.807) is 0 Å².